The molecule has 260 valence electrons. The van der Waals surface area contributed by atoms with Gasteiger partial charge in [0.1, 0.15) is 22.5 Å². The molecule has 0 saturated heterocycles. The van der Waals surface area contributed by atoms with Crippen LogP contribution in [0.15, 0.2) is 180 Å². The van der Waals surface area contributed by atoms with Crippen molar-refractivity contribution < 1.29 is 9.15 Å². The Kier molecular flexibility index (Phi) is 6.98. The standard InChI is InChI=1S/C50H33N3O2/c1-50-28-8-7-23-41(50)38-20-10-22-40(46(38)55-50)49-52-47(36-18-9-17-34(30-36)35-27-26-31-13-5-6-16-33(31)29-35)51-48(53-49)39-21-12-25-43-45(39)44-37(19-11-24-42(44)54-43)32-14-3-2-4-15-32/h2-30,41H,1H3. The van der Waals surface area contributed by atoms with Gasteiger partial charge in [-0.15, -0.1) is 0 Å². The molecule has 2 atom stereocenters. The van der Waals surface area contributed by atoms with Crippen molar-refractivity contribution in [2.45, 2.75) is 18.4 Å². The van der Waals surface area contributed by atoms with Crippen molar-refractivity contribution in [3.8, 4) is 62.2 Å². The van der Waals surface area contributed by atoms with Crippen LogP contribution in [0.3, 0.4) is 0 Å². The van der Waals surface area contributed by atoms with Crippen molar-refractivity contribution in [2.75, 3.05) is 0 Å². The molecule has 0 amide bonds. The third-order valence-electron chi connectivity index (χ3n) is 11.1. The van der Waals surface area contributed by atoms with Crippen LogP contribution in [0.2, 0.25) is 0 Å². The monoisotopic (exact) mass is 707 g/mol. The second kappa shape index (κ2) is 12.2. The van der Waals surface area contributed by atoms with E-state index in [1.807, 2.05) is 30.3 Å². The lowest BCUT2D eigenvalue weighted by atomic mass is 9.82. The number of rotatable bonds is 5. The summed E-state index contributed by atoms with van der Waals surface area (Å²) in [6.07, 6.45) is 8.51. The van der Waals surface area contributed by atoms with Crippen LogP contribution in [-0.4, -0.2) is 20.6 Å². The zero-order chi connectivity index (χ0) is 36.5. The number of aromatic nitrogens is 3. The Morgan fingerprint density at radius 1 is 0.491 bits per heavy atom. The zero-order valence-corrected chi connectivity index (χ0v) is 30.0. The van der Waals surface area contributed by atoms with Gasteiger partial charge in [0.15, 0.2) is 17.5 Å². The van der Waals surface area contributed by atoms with E-state index in [9.17, 15) is 0 Å². The summed E-state index contributed by atoms with van der Waals surface area (Å²) in [6.45, 7) is 2.14. The average molecular weight is 708 g/mol. The molecule has 55 heavy (non-hydrogen) atoms. The number of fused-ring (bicyclic) bond motifs is 7. The lowest BCUT2D eigenvalue weighted by Crippen LogP contribution is -2.32. The fourth-order valence-corrected chi connectivity index (χ4v) is 8.40. The van der Waals surface area contributed by atoms with Gasteiger partial charge in [-0.3, -0.25) is 0 Å². The van der Waals surface area contributed by atoms with Crippen LogP contribution in [0.4, 0.5) is 0 Å². The molecule has 9 aromatic rings. The summed E-state index contributed by atoms with van der Waals surface area (Å²) < 4.78 is 13.3. The Morgan fingerprint density at radius 3 is 1.98 bits per heavy atom. The number of hydrogen-bond donors (Lipinski definition) is 0. The summed E-state index contributed by atoms with van der Waals surface area (Å²) in [4.78, 5) is 15.8. The summed E-state index contributed by atoms with van der Waals surface area (Å²) in [5.74, 6) is 2.59. The van der Waals surface area contributed by atoms with Gasteiger partial charge in [0.05, 0.1) is 5.56 Å². The summed E-state index contributed by atoms with van der Waals surface area (Å²) in [5, 5.41) is 4.40. The lowest BCUT2D eigenvalue weighted by molar-refractivity contribution is 0.156. The number of para-hydroxylation sites is 1. The summed E-state index contributed by atoms with van der Waals surface area (Å²) in [5.41, 5.74) is 9.24. The quantitative estimate of drug-likeness (QED) is 0.178. The van der Waals surface area contributed by atoms with Crippen LogP contribution < -0.4 is 4.74 Å². The highest BCUT2D eigenvalue weighted by molar-refractivity contribution is 6.17. The minimum absolute atomic E-state index is 0.0920. The van der Waals surface area contributed by atoms with Gasteiger partial charge in [0.2, 0.25) is 0 Å². The van der Waals surface area contributed by atoms with E-state index in [2.05, 4.69) is 153 Å². The first kappa shape index (κ1) is 31.4. The van der Waals surface area contributed by atoms with Gasteiger partial charge in [-0.1, -0.05) is 140 Å². The van der Waals surface area contributed by atoms with E-state index in [1.54, 1.807) is 0 Å². The predicted molar refractivity (Wildman–Crippen MR) is 222 cm³/mol. The summed E-state index contributed by atoms with van der Waals surface area (Å²) >= 11 is 0. The Labute approximate surface area is 317 Å². The molecule has 2 unspecified atom stereocenters. The third kappa shape index (κ3) is 5.12. The molecule has 0 bridgehead atoms. The Morgan fingerprint density at radius 2 is 1.13 bits per heavy atom. The molecule has 0 saturated carbocycles. The van der Waals surface area contributed by atoms with Gasteiger partial charge in [-0.05, 0) is 76.4 Å². The van der Waals surface area contributed by atoms with Crippen molar-refractivity contribution >= 4 is 32.7 Å². The molecule has 5 heteroatoms. The minimum atomic E-state index is -0.491. The lowest BCUT2D eigenvalue weighted by Gasteiger charge is -2.27. The fraction of sp³-hybridized carbons (Fsp3) is 0.0600. The molecule has 11 rings (SSSR count). The molecule has 0 radical (unpaired) electrons. The molecular weight excluding hydrogens is 675 g/mol. The van der Waals surface area contributed by atoms with Crippen molar-refractivity contribution in [2.24, 2.45) is 0 Å². The van der Waals surface area contributed by atoms with Gasteiger partial charge in [0.25, 0.3) is 0 Å². The highest BCUT2D eigenvalue weighted by atomic mass is 16.5. The first-order valence-corrected chi connectivity index (χ1v) is 18.6. The minimum Gasteiger partial charge on any atom is -0.481 e. The number of hydrogen-bond acceptors (Lipinski definition) is 5. The highest BCUT2D eigenvalue weighted by Crippen LogP contribution is 2.51. The van der Waals surface area contributed by atoms with E-state index >= 15 is 0 Å². The fourth-order valence-electron chi connectivity index (χ4n) is 8.40. The van der Waals surface area contributed by atoms with E-state index in [0.717, 1.165) is 72.2 Å². The number of benzene rings is 7. The van der Waals surface area contributed by atoms with Crippen molar-refractivity contribution in [1.82, 2.24) is 15.0 Å². The SMILES string of the molecule is CC12C=CC=CC1c1cccc(-c3nc(-c4cccc(-c5ccc6ccccc6c5)c4)nc(-c4cccc5oc6cccc(-c7ccccc7)c6c45)n3)c1O2. The van der Waals surface area contributed by atoms with Crippen molar-refractivity contribution in [3.05, 3.63) is 182 Å². The Balaban J connectivity index is 1.15. The topological polar surface area (TPSA) is 61.0 Å². The van der Waals surface area contributed by atoms with E-state index in [0.29, 0.717) is 17.5 Å². The number of furan rings is 1. The summed E-state index contributed by atoms with van der Waals surface area (Å²) in [7, 11) is 0. The molecule has 0 fully saturated rings. The highest BCUT2D eigenvalue weighted by Gasteiger charge is 2.44. The van der Waals surface area contributed by atoms with E-state index in [-0.39, 0.29) is 5.92 Å². The Hall–Kier alpha value is -7.11. The van der Waals surface area contributed by atoms with Gasteiger partial charge < -0.3 is 9.15 Å². The van der Waals surface area contributed by atoms with Crippen molar-refractivity contribution in [3.63, 3.8) is 0 Å². The van der Waals surface area contributed by atoms with Gasteiger partial charge >= 0.3 is 0 Å². The molecule has 5 nitrogen and oxygen atoms in total. The normalized spacial score (nSPS) is 17.1. The van der Waals surface area contributed by atoms with E-state index in [4.69, 9.17) is 24.1 Å². The van der Waals surface area contributed by atoms with Gasteiger partial charge in [-0.25, -0.2) is 15.0 Å². The maximum atomic E-state index is 6.81. The van der Waals surface area contributed by atoms with Crippen LogP contribution in [-0.2, 0) is 0 Å². The van der Waals surface area contributed by atoms with Crippen LogP contribution in [0, 0.1) is 0 Å². The molecule has 1 aliphatic carbocycles. The van der Waals surface area contributed by atoms with Crippen LogP contribution in [0.1, 0.15) is 18.4 Å². The Bertz CT molecular complexity index is 3050. The number of nitrogens with zero attached hydrogens (tertiary/aromatic N) is 3. The van der Waals surface area contributed by atoms with Crippen LogP contribution >= 0.6 is 0 Å². The first-order valence-electron chi connectivity index (χ1n) is 18.6. The number of ether oxygens (including phenoxy) is 1. The molecule has 0 N–H and O–H groups in total. The van der Waals surface area contributed by atoms with E-state index in [1.165, 1.54) is 10.8 Å². The summed E-state index contributed by atoms with van der Waals surface area (Å²) in [6, 6.07) is 52.6. The molecule has 1 aliphatic heterocycles. The zero-order valence-electron chi connectivity index (χ0n) is 30.0. The van der Waals surface area contributed by atoms with Gasteiger partial charge in [-0.2, -0.15) is 0 Å². The molecule has 3 heterocycles. The van der Waals surface area contributed by atoms with E-state index < -0.39 is 5.60 Å². The molecule has 0 spiro atoms. The maximum Gasteiger partial charge on any atom is 0.167 e. The third-order valence-corrected chi connectivity index (χ3v) is 11.1. The van der Waals surface area contributed by atoms with Crippen LogP contribution in [0.5, 0.6) is 5.75 Å². The molecular formula is C50H33N3O2. The van der Waals surface area contributed by atoms with Crippen molar-refractivity contribution in [1.29, 1.82) is 0 Å². The largest absolute Gasteiger partial charge is 0.481 e. The number of allylic oxidation sites excluding steroid dienone is 2. The smallest absolute Gasteiger partial charge is 0.167 e. The maximum absolute atomic E-state index is 6.81. The molecule has 7 aromatic carbocycles. The second-order valence-corrected chi connectivity index (χ2v) is 14.5. The van der Waals surface area contributed by atoms with Crippen LogP contribution in [0.25, 0.3) is 89.1 Å². The van der Waals surface area contributed by atoms with Gasteiger partial charge in [0, 0.05) is 33.4 Å². The molecule has 2 aliphatic rings. The predicted octanol–water partition coefficient (Wildman–Crippen LogP) is 12.6. The first-order chi connectivity index (χ1) is 27.1. The second-order valence-electron chi connectivity index (χ2n) is 14.5. The average Bonchev–Trinajstić information content (AvgIpc) is 3.78. The molecule has 2 aromatic heterocycles.